The van der Waals surface area contributed by atoms with Crippen molar-refractivity contribution in [1.82, 2.24) is 5.32 Å². The van der Waals surface area contributed by atoms with Crippen LogP contribution in [0.15, 0.2) is 30.3 Å². The predicted octanol–water partition coefficient (Wildman–Crippen LogP) is 2.49. The minimum Gasteiger partial charge on any atom is -0.347 e. The average Bonchev–Trinajstić information content (AvgIpc) is 3.08. The van der Waals surface area contributed by atoms with Crippen LogP contribution in [0.2, 0.25) is 0 Å². The van der Waals surface area contributed by atoms with E-state index in [1.807, 2.05) is 30.3 Å². The van der Waals surface area contributed by atoms with Crippen LogP contribution >= 0.6 is 0 Å². The smallest absolute Gasteiger partial charge is 0.319 e. The molecule has 1 atom stereocenters. The van der Waals surface area contributed by atoms with Crippen molar-refractivity contribution < 1.29 is 14.3 Å². The molecule has 20 heavy (non-hydrogen) atoms. The summed E-state index contributed by atoms with van der Waals surface area (Å²) >= 11 is 0. The van der Waals surface area contributed by atoms with Gasteiger partial charge in [-0.3, -0.25) is 0 Å². The zero-order chi connectivity index (χ0) is 13.8. The summed E-state index contributed by atoms with van der Waals surface area (Å²) in [5.41, 5.74) is 0.779. The number of nitrogens with one attached hydrogen (secondary N) is 2. The first-order valence-corrected chi connectivity index (χ1v) is 7.17. The van der Waals surface area contributed by atoms with Gasteiger partial charge in [0.05, 0.1) is 6.61 Å². The summed E-state index contributed by atoms with van der Waals surface area (Å²) in [6.07, 6.45) is 4.22. The number of hydrogen-bond donors (Lipinski definition) is 2. The van der Waals surface area contributed by atoms with Gasteiger partial charge in [0.2, 0.25) is 0 Å². The number of para-hydroxylation sites is 1. The van der Waals surface area contributed by atoms with Crippen LogP contribution in [0, 0.1) is 0 Å². The molecule has 1 saturated carbocycles. The molecule has 2 fully saturated rings. The first-order chi connectivity index (χ1) is 9.76. The highest BCUT2D eigenvalue weighted by Crippen LogP contribution is 2.38. The van der Waals surface area contributed by atoms with E-state index in [1.54, 1.807) is 0 Å². The molecular formula is C15H20N2O3. The third-order valence-corrected chi connectivity index (χ3v) is 3.80. The van der Waals surface area contributed by atoms with Gasteiger partial charge in [0.15, 0.2) is 5.79 Å². The van der Waals surface area contributed by atoms with Gasteiger partial charge < -0.3 is 20.1 Å². The molecule has 1 heterocycles. The highest BCUT2D eigenvalue weighted by molar-refractivity contribution is 5.89. The molecule has 1 aromatic rings. The number of hydrogen-bond acceptors (Lipinski definition) is 3. The second-order valence-corrected chi connectivity index (χ2v) is 5.37. The van der Waals surface area contributed by atoms with E-state index in [9.17, 15) is 4.79 Å². The van der Waals surface area contributed by atoms with E-state index in [0.717, 1.165) is 31.4 Å². The van der Waals surface area contributed by atoms with Crippen LogP contribution in [0.25, 0.3) is 0 Å². The van der Waals surface area contributed by atoms with Crippen molar-refractivity contribution in [3.8, 4) is 0 Å². The lowest BCUT2D eigenvalue weighted by Gasteiger charge is -2.21. The van der Waals surface area contributed by atoms with Crippen molar-refractivity contribution in [2.24, 2.45) is 0 Å². The summed E-state index contributed by atoms with van der Waals surface area (Å²) in [5.74, 6) is -0.359. The average molecular weight is 276 g/mol. The zero-order valence-electron chi connectivity index (χ0n) is 11.4. The number of carbonyl (C=O) groups excluding carboxylic acids is 1. The Balaban J connectivity index is 1.42. The van der Waals surface area contributed by atoms with Crippen LogP contribution < -0.4 is 10.6 Å². The Hall–Kier alpha value is -1.59. The van der Waals surface area contributed by atoms with Crippen molar-refractivity contribution in [2.75, 3.05) is 18.5 Å². The largest absolute Gasteiger partial charge is 0.347 e. The monoisotopic (exact) mass is 276 g/mol. The van der Waals surface area contributed by atoms with Gasteiger partial charge in [-0.1, -0.05) is 18.2 Å². The molecule has 1 aliphatic heterocycles. The summed E-state index contributed by atoms with van der Waals surface area (Å²) in [6.45, 7) is 1.03. The number of carbonyl (C=O) groups is 1. The Labute approximate surface area is 118 Å². The molecule has 5 nitrogen and oxygen atoms in total. The Morgan fingerprint density at radius 3 is 2.75 bits per heavy atom. The van der Waals surface area contributed by atoms with Crippen molar-refractivity contribution in [3.63, 3.8) is 0 Å². The molecule has 1 aromatic carbocycles. The lowest BCUT2D eigenvalue weighted by Crippen LogP contribution is -2.37. The van der Waals surface area contributed by atoms with E-state index in [1.165, 1.54) is 0 Å². The number of rotatable bonds is 3. The highest BCUT2D eigenvalue weighted by Gasteiger charge is 2.43. The van der Waals surface area contributed by atoms with Crippen molar-refractivity contribution in [3.05, 3.63) is 30.3 Å². The molecule has 1 unspecified atom stereocenters. The first kappa shape index (κ1) is 13.4. The van der Waals surface area contributed by atoms with Gasteiger partial charge in [-0.05, 0) is 25.0 Å². The van der Waals surface area contributed by atoms with E-state index in [4.69, 9.17) is 9.47 Å². The van der Waals surface area contributed by atoms with Gasteiger partial charge >= 0.3 is 6.03 Å². The maximum absolute atomic E-state index is 11.8. The highest BCUT2D eigenvalue weighted by atomic mass is 16.7. The molecular weight excluding hydrogens is 256 g/mol. The van der Waals surface area contributed by atoms with Gasteiger partial charge in [-0.15, -0.1) is 0 Å². The minimum atomic E-state index is -0.359. The number of urea groups is 1. The minimum absolute atomic E-state index is 0.0466. The van der Waals surface area contributed by atoms with Crippen molar-refractivity contribution in [2.45, 2.75) is 37.6 Å². The molecule has 1 aliphatic carbocycles. The van der Waals surface area contributed by atoms with E-state index >= 15 is 0 Å². The molecule has 0 radical (unpaired) electrons. The normalized spacial score (nSPS) is 23.9. The van der Waals surface area contributed by atoms with Crippen molar-refractivity contribution >= 4 is 11.7 Å². The molecule has 3 rings (SSSR count). The van der Waals surface area contributed by atoms with Crippen LogP contribution in [0.5, 0.6) is 0 Å². The van der Waals surface area contributed by atoms with Crippen LogP contribution in [0.3, 0.4) is 0 Å². The molecule has 1 spiro atoms. The Bertz CT molecular complexity index is 457. The number of amides is 2. The molecule has 108 valence electrons. The second-order valence-electron chi connectivity index (χ2n) is 5.37. The molecule has 2 N–H and O–H groups in total. The maximum Gasteiger partial charge on any atom is 0.319 e. The van der Waals surface area contributed by atoms with Crippen LogP contribution in [-0.4, -0.2) is 31.1 Å². The molecule has 1 saturated heterocycles. The fraction of sp³-hybridized carbons (Fsp3) is 0.533. The fourth-order valence-electron chi connectivity index (χ4n) is 2.80. The van der Waals surface area contributed by atoms with Crippen molar-refractivity contribution in [1.29, 1.82) is 0 Å². The Morgan fingerprint density at radius 1 is 1.25 bits per heavy atom. The van der Waals surface area contributed by atoms with Gasteiger partial charge in [-0.2, -0.15) is 0 Å². The van der Waals surface area contributed by atoms with Gasteiger partial charge in [-0.25, -0.2) is 4.79 Å². The van der Waals surface area contributed by atoms with E-state index in [2.05, 4.69) is 10.6 Å². The second kappa shape index (κ2) is 5.81. The first-order valence-electron chi connectivity index (χ1n) is 7.17. The van der Waals surface area contributed by atoms with Gasteiger partial charge in [0, 0.05) is 25.1 Å². The summed E-state index contributed by atoms with van der Waals surface area (Å²) in [5, 5.41) is 5.60. The summed E-state index contributed by atoms with van der Waals surface area (Å²) in [7, 11) is 0. The van der Waals surface area contributed by atoms with Crippen LogP contribution in [0.1, 0.15) is 25.7 Å². The predicted molar refractivity (Wildman–Crippen MR) is 75.5 cm³/mol. The third kappa shape index (κ3) is 3.11. The van der Waals surface area contributed by atoms with E-state index in [0.29, 0.717) is 13.2 Å². The van der Waals surface area contributed by atoms with Gasteiger partial charge in [0.1, 0.15) is 6.10 Å². The molecule has 0 aromatic heterocycles. The zero-order valence-corrected chi connectivity index (χ0v) is 11.4. The van der Waals surface area contributed by atoms with Crippen LogP contribution in [0.4, 0.5) is 10.5 Å². The lowest BCUT2D eigenvalue weighted by molar-refractivity contribution is -0.160. The fourth-order valence-corrected chi connectivity index (χ4v) is 2.80. The van der Waals surface area contributed by atoms with Crippen LogP contribution in [-0.2, 0) is 9.47 Å². The quantitative estimate of drug-likeness (QED) is 0.891. The third-order valence-electron chi connectivity index (χ3n) is 3.80. The Morgan fingerprint density at radius 2 is 2.00 bits per heavy atom. The maximum atomic E-state index is 11.8. The number of benzene rings is 1. The van der Waals surface area contributed by atoms with Gasteiger partial charge in [0.25, 0.3) is 0 Å². The van der Waals surface area contributed by atoms with E-state index in [-0.39, 0.29) is 17.9 Å². The standard InChI is InChI=1S/C15H20N2O3/c18-14(17-12-6-2-1-3-7-12)16-10-13-11-19-15(20-13)8-4-5-9-15/h1-3,6-7,13H,4-5,8-11H2,(H2,16,17,18). The molecule has 0 bridgehead atoms. The molecule has 2 amide bonds. The lowest BCUT2D eigenvalue weighted by atomic mass is 10.2. The summed E-state index contributed by atoms with van der Waals surface area (Å²) in [6, 6.07) is 9.16. The van der Waals surface area contributed by atoms with E-state index < -0.39 is 0 Å². The SMILES string of the molecule is O=C(NCC1COC2(CCCC2)O1)Nc1ccccc1. The number of anilines is 1. The molecule has 2 aliphatic rings. The Kier molecular flexibility index (Phi) is 3.89. The number of ether oxygens (including phenoxy) is 2. The summed E-state index contributed by atoms with van der Waals surface area (Å²) in [4.78, 5) is 11.8. The topological polar surface area (TPSA) is 59.6 Å². The molecule has 5 heteroatoms. The summed E-state index contributed by atoms with van der Waals surface area (Å²) < 4.78 is 11.7.